The maximum Gasteiger partial charge on any atom is 0.249 e. The van der Waals surface area contributed by atoms with Crippen molar-refractivity contribution in [2.75, 3.05) is 19.5 Å². The van der Waals surface area contributed by atoms with E-state index in [2.05, 4.69) is 15.8 Å². The van der Waals surface area contributed by atoms with E-state index in [0.29, 0.717) is 22.7 Å². The van der Waals surface area contributed by atoms with E-state index in [0.717, 1.165) is 0 Å². The van der Waals surface area contributed by atoms with Crippen molar-refractivity contribution in [3.8, 4) is 11.5 Å². The van der Waals surface area contributed by atoms with Gasteiger partial charge in [0.25, 0.3) is 0 Å². The molecule has 0 aromatic heterocycles. The monoisotopic (exact) mass is 359 g/mol. The largest absolute Gasteiger partial charge is 0.493 e. The number of anilines is 1. The van der Waals surface area contributed by atoms with E-state index in [9.17, 15) is 14.0 Å². The third-order valence-electron chi connectivity index (χ3n) is 3.26. The predicted octanol–water partition coefficient (Wildman–Crippen LogP) is 2.32. The summed E-state index contributed by atoms with van der Waals surface area (Å²) in [6, 6.07) is 10.4. The first-order chi connectivity index (χ1) is 12.5. The second kappa shape index (κ2) is 9.16. The predicted molar refractivity (Wildman–Crippen MR) is 94.9 cm³/mol. The Morgan fingerprint density at radius 3 is 2.38 bits per heavy atom. The molecule has 2 amide bonds. The molecule has 8 heteroatoms. The number of hydrazone groups is 1. The van der Waals surface area contributed by atoms with E-state index in [1.807, 2.05) is 0 Å². The number of carbonyl (C=O) groups excluding carboxylic acids is 2. The molecule has 2 rings (SSSR count). The van der Waals surface area contributed by atoms with Crippen molar-refractivity contribution in [1.29, 1.82) is 0 Å². The lowest BCUT2D eigenvalue weighted by molar-refractivity contribution is -0.126. The SMILES string of the molecule is COc1ccc(C=NNC(=O)CC(=O)Nc2ccc(F)cc2)cc1OC. The van der Waals surface area contributed by atoms with E-state index in [-0.39, 0.29) is 0 Å². The smallest absolute Gasteiger partial charge is 0.249 e. The molecule has 0 fully saturated rings. The zero-order valence-corrected chi connectivity index (χ0v) is 14.3. The van der Waals surface area contributed by atoms with Gasteiger partial charge >= 0.3 is 0 Å². The number of rotatable bonds is 7. The Morgan fingerprint density at radius 1 is 1.04 bits per heavy atom. The Labute approximate surface area is 149 Å². The van der Waals surface area contributed by atoms with Crippen molar-refractivity contribution >= 4 is 23.7 Å². The maximum atomic E-state index is 12.8. The number of methoxy groups -OCH3 is 2. The second-order valence-electron chi connectivity index (χ2n) is 5.14. The molecule has 2 aromatic carbocycles. The quantitative estimate of drug-likeness (QED) is 0.451. The lowest BCUT2D eigenvalue weighted by atomic mass is 10.2. The number of halogens is 1. The Bertz CT molecular complexity index is 807. The number of benzene rings is 2. The van der Waals surface area contributed by atoms with Crippen LogP contribution in [0.3, 0.4) is 0 Å². The van der Waals surface area contributed by atoms with Crippen LogP contribution in [0.4, 0.5) is 10.1 Å². The summed E-state index contributed by atoms with van der Waals surface area (Å²) in [5.41, 5.74) is 3.34. The number of nitrogens with one attached hydrogen (secondary N) is 2. The fourth-order valence-electron chi connectivity index (χ4n) is 2.04. The summed E-state index contributed by atoms with van der Waals surface area (Å²) in [4.78, 5) is 23.5. The van der Waals surface area contributed by atoms with Crippen LogP contribution in [0, 0.1) is 5.82 Å². The minimum atomic E-state index is -0.582. The average molecular weight is 359 g/mol. The minimum Gasteiger partial charge on any atom is -0.493 e. The molecule has 0 heterocycles. The molecule has 0 unspecified atom stereocenters. The topological polar surface area (TPSA) is 89.0 Å². The van der Waals surface area contributed by atoms with Gasteiger partial charge in [0.2, 0.25) is 11.8 Å². The first kappa shape index (κ1) is 18.9. The van der Waals surface area contributed by atoms with Gasteiger partial charge in [0.1, 0.15) is 12.2 Å². The Hall–Kier alpha value is -3.42. The second-order valence-corrected chi connectivity index (χ2v) is 5.14. The zero-order valence-electron chi connectivity index (χ0n) is 14.3. The Balaban J connectivity index is 1.85. The van der Waals surface area contributed by atoms with Crippen LogP contribution in [0.5, 0.6) is 11.5 Å². The van der Waals surface area contributed by atoms with Gasteiger partial charge in [-0.1, -0.05) is 0 Å². The van der Waals surface area contributed by atoms with Crippen LogP contribution in [0.1, 0.15) is 12.0 Å². The first-order valence-electron chi connectivity index (χ1n) is 7.61. The van der Waals surface area contributed by atoms with E-state index < -0.39 is 24.1 Å². The molecule has 136 valence electrons. The molecule has 26 heavy (non-hydrogen) atoms. The number of carbonyl (C=O) groups is 2. The highest BCUT2D eigenvalue weighted by Crippen LogP contribution is 2.26. The van der Waals surface area contributed by atoms with Crippen LogP contribution in [0.2, 0.25) is 0 Å². The number of hydrogen-bond acceptors (Lipinski definition) is 5. The van der Waals surface area contributed by atoms with Crippen molar-refractivity contribution in [3.05, 3.63) is 53.8 Å². The molecule has 0 aliphatic heterocycles. The van der Waals surface area contributed by atoms with Crippen LogP contribution < -0.4 is 20.2 Å². The van der Waals surface area contributed by atoms with Crippen molar-refractivity contribution in [1.82, 2.24) is 5.43 Å². The van der Waals surface area contributed by atoms with Crippen LogP contribution in [0.25, 0.3) is 0 Å². The van der Waals surface area contributed by atoms with E-state index in [1.54, 1.807) is 18.2 Å². The summed E-state index contributed by atoms with van der Waals surface area (Å²) in [5, 5.41) is 6.28. The van der Waals surface area contributed by atoms with Gasteiger partial charge in [-0.3, -0.25) is 9.59 Å². The van der Waals surface area contributed by atoms with Crippen molar-refractivity contribution in [3.63, 3.8) is 0 Å². The summed E-state index contributed by atoms with van der Waals surface area (Å²) >= 11 is 0. The van der Waals surface area contributed by atoms with Crippen LogP contribution in [0.15, 0.2) is 47.6 Å². The molecule has 7 nitrogen and oxygen atoms in total. The molecule has 0 atom stereocenters. The third kappa shape index (κ3) is 5.59. The highest BCUT2D eigenvalue weighted by Gasteiger charge is 2.09. The van der Waals surface area contributed by atoms with Gasteiger partial charge in [-0.25, -0.2) is 9.82 Å². The lowest BCUT2D eigenvalue weighted by Gasteiger charge is -2.07. The molecule has 0 bridgehead atoms. The summed E-state index contributed by atoms with van der Waals surface area (Å²) in [6.07, 6.45) is 0.998. The standard InChI is InChI=1S/C18H18FN3O4/c1-25-15-8-3-12(9-16(15)26-2)11-20-22-18(24)10-17(23)21-14-6-4-13(19)5-7-14/h3-9,11H,10H2,1-2H3,(H,21,23)(H,22,24). The van der Waals surface area contributed by atoms with E-state index in [4.69, 9.17) is 9.47 Å². The van der Waals surface area contributed by atoms with Gasteiger partial charge in [-0.05, 0) is 48.0 Å². The highest BCUT2D eigenvalue weighted by atomic mass is 19.1. The molecule has 0 spiro atoms. The van der Waals surface area contributed by atoms with Gasteiger partial charge in [0.05, 0.1) is 20.4 Å². The zero-order chi connectivity index (χ0) is 18.9. The number of ether oxygens (including phenoxy) is 2. The highest BCUT2D eigenvalue weighted by molar-refractivity contribution is 6.03. The summed E-state index contributed by atoms with van der Waals surface area (Å²) in [6.45, 7) is 0. The van der Waals surface area contributed by atoms with Gasteiger partial charge in [-0.15, -0.1) is 0 Å². The van der Waals surface area contributed by atoms with Crippen LogP contribution in [-0.2, 0) is 9.59 Å². The first-order valence-corrected chi connectivity index (χ1v) is 7.61. The molecule has 0 saturated carbocycles. The molecule has 0 saturated heterocycles. The fraction of sp³-hybridized carbons (Fsp3) is 0.167. The summed E-state index contributed by atoms with van der Waals surface area (Å²) in [5.74, 6) is -0.422. The van der Waals surface area contributed by atoms with Crippen molar-refractivity contribution in [2.24, 2.45) is 5.10 Å². The van der Waals surface area contributed by atoms with Crippen LogP contribution >= 0.6 is 0 Å². The molecule has 2 aromatic rings. The maximum absolute atomic E-state index is 12.8. The van der Waals surface area contributed by atoms with Gasteiger partial charge in [0, 0.05) is 5.69 Å². The van der Waals surface area contributed by atoms with Crippen molar-refractivity contribution in [2.45, 2.75) is 6.42 Å². The average Bonchev–Trinajstić information content (AvgIpc) is 2.63. The van der Waals surface area contributed by atoms with E-state index in [1.165, 1.54) is 44.7 Å². The Morgan fingerprint density at radius 2 is 1.73 bits per heavy atom. The Kier molecular flexibility index (Phi) is 6.67. The summed E-state index contributed by atoms with van der Waals surface area (Å²) < 4.78 is 23.1. The van der Waals surface area contributed by atoms with Gasteiger partial charge in [-0.2, -0.15) is 5.10 Å². The molecule has 0 aliphatic rings. The fourth-order valence-corrected chi connectivity index (χ4v) is 2.04. The van der Waals surface area contributed by atoms with Gasteiger partial charge < -0.3 is 14.8 Å². The number of nitrogens with zero attached hydrogens (tertiary/aromatic N) is 1. The number of amides is 2. The molecular formula is C18H18FN3O4. The summed E-state index contributed by atoms with van der Waals surface area (Å²) in [7, 11) is 3.04. The molecule has 0 radical (unpaired) electrons. The van der Waals surface area contributed by atoms with Gasteiger partial charge in [0.15, 0.2) is 11.5 Å². The van der Waals surface area contributed by atoms with Crippen molar-refractivity contribution < 1.29 is 23.5 Å². The van der Waals surface area contributed by atoms with E-state index >= 15 is 0 Å². The van der Waals surface area contributed by atoms with Crippen LogP contribution in [-0.4, -0.2) is 32.2 Å². The molecule has 0 aliphatic carbocycles. The molecular weight excluding hydrogens is 341 g/mol. The minimum absolute atomic E-state index is 0.401. The number of hydrogen-bond donors (Lipinski definition) is 2. The normalized spacial score (nSPS) is 10.4. The molecule has 2 N–H and O–H groups in total. The lowest BCUT2D eigenvalue weighted by Crippen LogP contribution is -2.24. The third-order valence-corrected chi connectivity index (χ3v) is 3.26.